The first-order valence-corrected chi connectivity index (χ1v) is 9.97. The van der Waals surface area contributed by atoms with Crippen molar-refractivity contribution < 1.29 is 27.5 Å². The van der Waals surface area contributed by atoms with Crippen LogP contribution >= 0.6 is 0 Å². The van der Waals surface area contributed by atoms with Gasteiger partial charge in [0.1, 0.15) is 5.76 Å². The minimum absolute atomic E-state index is 0.0282. The summed E-state index contributed by atoms with van der Waals surface area (Å²) >= 11 is 0. The summed E-state index contributed by atoms with van der Waals surface area (Å²) in [5, 5.41) is 12.9. The van der Waals surface area contributed by atoms with Gasteiger partial charge in [0.15, 0.2) is 21.9 Å². The van der Waals surface area contributed by atoms with E-state index in [9.17, 15) is 23.1 Å². The Labute approximate surface area is 145 Å². The minimum Gasteiger partial charge on any atom is -0.448 e. The Morgan fingerprint density at radius 1 is 1.32 bits per heavy atom. The normalized spacial score (nSPS) is 28.7. The number of amides is 2. The molecule has 1 aliphatic carbocycles. The Balaban J connectivity index is 1.59. The zero-order chi connectivity index (χ0) is 18.2. The summed E-state index contributed by atoms with van der Waals surface area (Å²) in [5.41, 5.74) is 0.156. The Morgan fingerprint density at radius 3 is 2.60 bits per heavy atom. The van der Waals surface area contributed by atoms with Crippen LogP contribution in [0.5, 0.6) is 0 Å². The molecular weight excluding hydrogens is 350 g/mol. The molecule has 1 aromatic heterocycles. The summed E-state index contributed by atoms with van der Waals surface area (Å²) in [6.45, 7) is 1.98. The number of nitrogens with zero attached hydrogens (tertiary/aromatic N) is 2. The fourth-order valence-corrected chi connectivity index (χ4v) is 4.52. The van der Waals surface area contributed by atoms with E-state index in [0.717, 1.165) is 0 Å². The highest BCUT2D eigenvalue weighted by Gasteiger charge is 2.40. The van der Waals surface area contributed by atoms with Crippen molar-refractivity contribution in [2.75, 3.05) is 24.6 Å². The van der Waals surface area contributed by atoms with Crippen LogP contribution in [0.3, 0.4) is 0 Å². The molecule has 2 amide bonds. The van der Waals surface area contributed by atoms with E-state index in [1.54, 1.807) is 6.92 Å². The predicted molar refractivity (Wildman–Crippen MR) is 86.5 cm³/mol. The van der Waals surface area contributed by atoms with Crippen LogP contribution in [0.1, 0.15) is 29.1 Å². The lowest BCUT2D eigenvalue weighted by atomic mass is 10.1. The van der Waals surface area contributed by atoms with Gasteiger partial charge < -0.3 is 19.7 Å². The molecule has 10 heteroatoms. The number of hydrogen-bond donors (Lipinski definition) is 2. The van der Waals surface area contributed by atoms with E-state index in [-0.39, 0.29) is 42.6 Å². The molecule has 2 aliphatic rings. The Morgan fingerprint density at radius 2 is 2.00 bits per heavy atom. The number of nitrogens with one attached hydrogen (secondary N) is 1. The number of aryl methyl sites for hydroxylation is 1. The summed E-state index contributed by atoms with van der Waals surface area (Å²) in [7, 11) is -3.06. The molecule has 0 aromatic carbocycles. The topological polar surface area (TPSA) is 130 Å². The number of hydrogen-bond acceptors (Lipinski definition) is 7. The van der Waals surface area contributed by atoms with Crippen molar-refractivity contribution in [2.45, 2.75) is 31.9 Å². The van der Waals surface area contributed by atoms with Gasteiger partial charge in [-0.05, 0) is 19.8 Å². The zero-order valence-electron chi connectivity index (χ0n) is 13.8. The largest absolute Gasteiger partial charge is 0.448 e. The van der Waals surface area contributed by atoms with Crippen molar-refractivity contribution >= 4 is 21.7 Å². The SMILES string of the molecule is Cc1ocnc1C(=O)N[C@@H]1C[C@H](C(=O)N2CCS(=O)(=O)CC2)C[C@H]1O. The molecule has 3 rings (SSSR count). The number of carbonyl (C=O) groups excluding carboxylic acids is 2. The van der Waals surface area contributed by atoms with Gasteiger partial charge in [0.05, 0.1) is 23.7 Å². The summed E-state index contributed by atoms with van der Waals surface area (Å²) in [4.78, 5) is 30.1. The van der Waals surface area contributed by atoms with Crippen LogP contribution in [-0.2, 0) is 14.6 Å². The first-order chi connectivity index (χ1) is 11.8. The maximum Gasteiger partial charge on any atom is 0.273 e. The van der Waals surface area contributed by atoms with Crippen LogP contribution in [0.4, 0.5) is 0 Å². The van der Waals surface area contributed by atoms with Gasteiger partial charge in [0, 0.05) is 19.0 Å². The van der Waals surface area contributed by atoms with Gasteiger partial charge >= 0.3 is 0 Å². The lowest BCUT2D eigenvalue weighted by Crippen LogP contribution is -2.46. The average Bonchev–Trinajstić information content (AvgIpc) is 3.13. The van der Waals surface area contributed by atoms with Crippen LogP contribution in [0.2, 0.25) is 0 Å². The number of oxazole rings is 1. The van der Waals surface area contributed by atoms with Crippen molar-refractivity contribution in [3.63, 3.8) is 0 Å². The highest BCUT2D eigenvalue weighted by Crippen LogP contribution is 2.28. The quantitative estimate of drug-likeness (QED) is 0.705. The fourth-order valence-electron chi connectivity index (χ4n) is 3.32. The van der Waals surface area contributed by atoms with Gasteiger partial charge in [0.2, 0.25) is 5.91 Å². The minimum atomic E-state index is -3.06. The lowest BCUT2D eigenvalue weighted by Gasteiger charge is -2.29. The number of sulfone groups is 1. The third-order valence-electron chi connectivity index (χ3n) is 4.81. The zero-order valence-corrected chi connectivity index (χ0v) is 14.7. The van der Waals surface area contributed by atoms with E-state index in [0.29, 0.717) is 12.2 Å². The molecule has 0 unspecified atom stereocenters. The van der Waals surface area contributed by atoms with Gasteiger partial charge in [-0.25, -0.2) is 13.4 Å². The van der Waals surface area contributed by atoms with E-state index < -0.39 is 33.8 Å². The lowest BCUT2D eigenvalue weighted by molar-refractivity contribution is -0.135. The van der Waals surface area contributed by atoms with Crippen LogP contribution in [-0.4, -0.2) is 72.0 Å². The molecule has 1 saturated carbocycles. The molecule has 2 N–H and O–H groups in total. The van der Waals surface area contributed by atoms with Gasteiger partial charge in [0.25, 0.3) is 5.91 Å². The number of aliphatic hydroxyl groups excluding tert-OH is 1. The molecule has 1 aromatic rings. The molecule has 2 fully saturated rings. The Bertz CT molecular complexity index is 760. The molecule has 0 radical (unpaired) electrons. The van der Waals surface area contributed by atoms with Crippen molar-refractivity contribution in [1.82, 2.24) is 15.2 Å². The summed E-state index contributed by atoms with van der Waals surface area (Å²) in [5.74, 6) is -0.721. The van der Waals surface area contributed by atoms with E-state index in [2.05, 4.69) is 10.3 Å². The number of aromatic nitrogens is 1. The molecule has 1 aliphatic heterocycles. The molecule has 3 atom stereocenters. The Kier molecular flexibility index (Phi) is 4.83. The Hall–Kier alpha value is -1.94. The summed E-state index contributed by atoms with van der Waals surface area (Å²) in [6, 6.07) is -0.550. The van der Waals surface area contributed by atoms with Crippen molar-refractivity contribution in [1.29, 1.82) is 0 Å². The van der Waals surface area contributed by atoms with Crippen molar-refractivity contribution in [3.05, 3.63) is 17.8 Å². The van der Waals surface area contributed by atoms with Crippen LogP contribution in [0.25, 0.3) is 0 Å². The second-order valence-corrected chi connectivity index (χ2v) is 8.85. The molecular formula is C15H21N3O6S. The maximum absolute atomic E-state index is 12.6. The van der Waals surface area contributed by atoms with Gasteiger partial charge in [-0.3, -0.25) is 9.59 Å². The molecule has 25 heavy (non-hydrogen) atoms. The molecule has 138 valence electrons. The van der Waals surface area contributed by atoms with Gasteiger partial charge in [-0.2, -0.15) is 0 Å². The van der Waals surface area contributed by atoms with E-state index in [1.807, 2.05) is 0 Å². The monoisotopic (exact) mass is 371 g/mol. The third kappa shape index (κ3) is 3.84. The highest BCUT2D eigenvalue weighted by molar-refractivity contribution is 7.91. The van der Waals surface area contributed by atoms with E-state index >= 15 is 0 Å². The second kappa shape index (κ2) is 6.75. The molecule has 9 nitrogen and oxygen atoms in total. The van der Waals surface area contributed by atoms with Crippen molar-refractivity contribution in [2.24, 2.45) is 5.92 Å². The van der Waals surface area contributed by atoms with E-state index in [4.69, 9.17) is 4.42 Å². The van der Waals surface area contributed by atoms with Crippen LogP contribution in [0.15, 0.2) is 10.8 Å². The average molecular weight is 371 g/mol. The first kappa shape index (κ1) is 17.9. The maximum atomic E-state index is 12.6. The highest BCUT2D eigenvalue weighted by atomic mass is 32.2. The van der Waals surface area contributed by atoms with E-state index in [1.165, 1.54) is 11.3 Å². The second-order valence-electron chi connectivity index (χ2n) is 6.55. The molecule has 2 heterocycles. The van der Waals surface area contributed by atoms with Crippen LogP contribution < -0.4 is 5.32 Å². The van der Waals surface area contributed by atoms with Gasteiger partial charge in [-0.15, -0.1) is 0 Å². The molecule has 0 bridgehead atoms. The number of aliphatic hydroxyl groups is 1. The first-order valence-electron chi connectivity index (χ1n) is 8.15. The fraction of sp³-hybridized carbons (Fsp3) is 0.667. The number of carbonyl (C=O) groups is 2. The van der Waals surface area contributed by atoms with Gasteiger partial charge in [-0.1, -0.05) is 0 Å². The number of rotatable bonds is 3. The van der Waals surface area contributed by atoms with Crippen LogP contribution in [0, 0.1) is 12.8 Å². The summed E-state index contributed by atoms with van der Waals surface area (Å²) in [6.07, 6.45) is 0.890. The smallest absolute Gasteiger partial charge is 0.273 e. The molecule has 1 saturated heterocycles. The standard InChI is InChI=1S/C15H21N3O6S/c1-9-13(16-8-24-9)14(20)17-11-6-10(7-12(11)19)15(21)18-2-4-25(22,23)5-3-18/h8,10-12,19H,2-7H2,1H3,(H,17,20)/t10-,11+,12+/m0/s1. The molecule has 0 spiro atoms. The predicted octanol–water partition coefficient (Wildman–Crippen LogP) is -0.891. The third-order valence-corrected chi connectivity index (χ3v) is 6.42. The van der Waals surface area contributed by atoms with Crippen molar-refractivity contribution in [3.8, 4) is 0 Å². The summed E-state index contributed by atoms with van der Waals surface area (Å²) < 4.78 is 27.9.